The first-order chi connectivity index (χ1) is 18.9. The molecule has 0 atom stereocenters. The molecule has 4 aromatic rings. The van der Waals surface area contributed by atoms with Gasteiger partial charge in [-0.3, -0.25) is 9.69 Å². The zero-order valence-corrected chi connectivity index (χ0v) is 25.4. The highest BCUT2D eigenvalue weighted by atomic mass is 32.2. The van der Waals surface area contributed by atoms with Gasteiger partial charge in [0, 0.05) is 24.4 Å². The van der Waals surface area contributed by atoms with Crippen LogP contribution in [0.2, 0.25) is 0 Å². The summed E-state index contributed by atoms with van der Waals surface area (Å²) in [5.41, 5.74) is 3.99. The number of aryl methyl sites for hydroxylation is 2. The molecule has 0 aliphatic carbocycles. The number of hydrogen-bond acceptors (Lipinski definition) is 7. The van der Waals surface area contributed by atoms with Crippen LogP contribution in [0.1, 0.15) is 74.4 Å². The van der Waals surface area contributed by atoms with Crippen LogP contribution in [0.15, 0.2) is 80.7 Å². The summed E-state index contributed by atoms with van der Waals surface area (Å²) in [5, 5.41) is 0. The quantitative estimate of drug-likeness (QED) is 0.136. The van der Waals surface area contributed by atoms with Crippen molar-refractivity contribution in [2.75, 3.05) is 0 Å². The van der Waals surface area contributed by atoms with Crippen molar-refractivity contribution in [1.29, 1.82) is 0 Å². The maximum Gasteiger partial charge on any atom is 0.322 e. The average molecular weight is 561 g/mol. The number of rotatable bonds is 11. The van der Waals surface area contributed by atoms with Gasteiger partial charge in [0.05, 0.1) is 18.5 Å². The third kappa shape index (κ3) is 8.60. The fourth-order valence-electron chi connectivity index (χ4n) is 4.37. The second kappa shape index (κ2) is 12.5. The van der Waals surface area contributed by atoms with Crippen LogP contribution in [0.5, 0.6) is 0 Å². The van der Waals surface area contributed by atoms with E-state index in [1.165, 1.54) is 22.9 Å². The molecule has 4 rings (SSSR count). The molecule has 40 heavy (non-hydrogen) atoms. The number of benzene rings is 2. The average Bonchev–Trinajstić information content (AvgIpc) is 3.48. The Kier molecular flexibility index (Phi) is 9.26. The van der Waals surface area contributed by atoms with E-state index in [4.69, 9.17) is 18.6 Å². The summed E-state index contributed by atoms with van der Waals surface area (Å²) in [6.45, 7) is 15.5. The molecule has 0 saturated carbocycles. The van der Waals surface area contributed by atoms with E-state index in [2.05, 4.69) is 60.4 Å². The first-order valence-electron chi connectivity index (χ1n) is 13.6. The van der Waals surface area contributed by atoms with Crippen LogP contribution in [0, 0.1) is 13.8 Å². The van der Waals surface area contributed by atoms with Crippen molar-refractivity contribution in [3.63, 3.8) is 0 Å². The molecule has 0 fully saturated rings. The summed E-state index contributed by atoms with van der Waals surface area (Å²) >= 11 is 1.51. The molecule has 0 radical (unpaired) electrons. The van der Waals surface area contributed by atoms with E-state index in [1.54, 1.807) is 6.26 Å². The standard InChI is InChI=1S/C33H40N2O4S/c1-23-10-8-11-26(18-23)19-30-34-29(24(2)38-30)22-35(21-27-12-9-17-37-27)20-25-13-15-28(16-14-25)40-33(6,7)31(36)39-32(3,4)5/h8-18H,19-22H2,1-7H3. The third-order valence-electron chi connectivity index (χ3n) is 6.30. The Morgan fingerprint density at radius 3 is 2.33 bits per heavy atom. The largest absolute Gasteiger partial charge is 0.468 e. The third-order valence-corrected chi connectivity index (χ3v) is 7.49. The van der Waals surface area contributed by atoms with Crippen molar-refractivity contribution in [1.82, 2.24) is 9.88 Å². The SMILES string of the molecule is Cc1cccc(Cc2nc(CN(Cc3ccc(SC(C)(C)C(=O)OC(C)(C)C)cc3)Cc3ccco3)c(C)o2)c1. The predicted octanol–water partition coefficient (Wildman–Crippen LogP) is 7.89. The minimum absolute atomic E-state index is 0.219. The van der Waals surface area contributed by atoms with Gasteiger partial charge in [-0.25, -0.2) is 4.98 Å². The second-order valence-electron chi connectivity index (χ2n) is 11.8. The van der Waals surface area contributed by atoms with Crippen molar-refractivity contribution < 1.29 is 18.4 Å². The van der Waals surface area contributed by atoms with E-state index < -0.39 is 10.3 Å². The molecular formula is C33H40N2O4S. The highest BCUT2D eigenvalue weighted by Crippen LogP contribution is 2.35. The number of thioether (sulfide) groups is 1. The number of oxazole rings is 1. The van der Waals surface area contributed by atoms with Gasteiger partial charge < -0.3 is 13.6 Å². The molecule has 0 amide bonds. The maximum absolute atomic E-state index is 12.7. The zero-order chi connectivity index (χ0) is 28.9. The van der Waals surface area contributed by atoms with Gasteiger partial charge in [0.15, 0.2) is 5.89 Å². The summed E-state index contributed by atoms with van der Waals surface area (Å²) in [6, 6.07) is 20.7. The summed E-state index contributed by atoms with van der Waals surface area (Å²) in [4.78, 5) is 20.9. The Morgan fingerprint density at radius 2 is 1.68 bits per heavy atom. The van der Waals surface area contributed by atoms with Gasteiger partial charge in [0.2, 0.25) is 0 Å². The van der Waals surface area contributed by atoms with Crippen LogP contribution in [-0.4, -0.2) is 26.2 Å². The van der Waals surface area contributed by atoms with E-state index in [-0.39, 0.29) is 5.97 Å². The van der Waals surface area contributed by atoms with Crippen LogP contribution < -0.4 is 0 Å². The molecule has 2 aromatic carbocycles. The van der Waals surface area contributed by atoms with Gasteiger partial charge in [0.25, 0.3) is 0 Å². The molecule has 0 aliphatic rings. The number of hydrogen-bond donors (Lipinski definition) is 0. The number of carbonyl (C=O) groups is 1. The monoisotopic (exact) mass is 560 g/mol. The lowest BCUT2D eigenvalue weighted by atomic mass is 10.1. The number of ether oxygens (including phenoxy) is 1. The fraction of sp³-hybridized carbons (Fsp3) is 0.394. The van der Waals surface area contributed by atoms with E-state index >= 15 is 0 Å². The predicted molar refractivity (Wildman–Crippen MR) is 159 cm³/mol. The number of nitrogens with zero attached hydrogens (tertiary/aromatic N) is 2. The van der Waals surface area contributed by atoms with Crippen LogP contribution in [0.3, 0.4) is 0 Å². The summed E-state index contributed by atoms with van der Waals surface area (Å²) in [7, 11) is 0. The number of carbonyl (C=O) groups excluding carboxylic acids is 1. The molecule has 0 bridgehead atoms. The highest BCUT2D eigenvalue weighted by molar-refractivity contribution is 8.01. The minimum atomic E-state index is -0.694. The van der Waals surface area contributed by atoms with E-state index in [9.17, 15) is 4.79 Å². The lowest BCUT2D eigenvalue weighted by molar-refractivity contribution is -0.156. The van der Waals surface area contributed by atoms with E-state index in [1.807, 2.05) is 53.7 Å². The molecule has 0 spiro atoms. The van der Waals surface area contributed by atoms with Gasteiger partial charge >= 0.3 is 5.97 Å². The first-order valence-corrected chi connectivity index (χ1v) is 14.4. The van der Waals surface area contributed by atoms with E-state index in [0.29, 0.717) is 26.1 Å². The van der Waals surface area contributed by atoms with Gasteiger partial charge in [0.1, 0.15) is 21.9 Å². The van der Waals surface area contributed by atoms with Crippen molar-refractivity contribution >= 4 is 17.7 Å². The maximum atomic E-state index is 12.7. The Morgan fingerprint density at radius 1 is 0.925 bits per heavy atom. The minimum Gasteiger partial charge on any atom is -0.468 e. The van der Waals surface area contributed by atoms with Crippen molar-refractivity contribution in [3.8, 4) is 0 Å². The second-order valence-corrected chi connectivity index (χ2v) is 13.5. The molecule has 2 heterocycles. The molecule has 0 aliphatic heterocycles. The molecular weight excluding hydrogens is 520 g/mol. The molecule has 212 valence electrons. The Balaban J connectivity index is 1.45. The van der Waals surface area contributed by atoms with Crippen molar-refractivity contribution in [2.24, 2.45) is 0 Å². The van der Waals surface area contributed by atoms with Crippen LogP contribution in [0.4, 0.5) is 0 Å². The van der Waals surface area contributed by atoms with Crippen molar-refractivity contribution in [3.05, 3.63) is 107 Å². The molecule has 0 unspecified atom stereocenters. The zero-order valence-electron chi connectivity index (χ0n) is 24.6. The summed E-state index contributed by atoms with van der Waals surface area (Å²) in [6.07, 6.45) is 2.37. The Labute approximate surface area is 242 Å². The molecule has 2 aromatic heterocycles. The molecule has 0 saturated heterocycles. The Hall–Kier alpha value is -3.29. The normalized spacial score (nSPS) is 12.2. The Bertz CT molecular complexity index is 1400. The van der Waals surface area contributed by atoms with Crippen LogP contribution >= 0.6 is 11.8 Å². The topological polar surface area (TPSA) is 68.7 Å². The first kappa shape index (κ1) is 29.7. The van der Waals surface area contributed by atoms with Crippen LogP contribution in [-0.2, 0) is 35.6 Å². The van der Waals surface area contributed by atoms with E-state index in [0.717, 1.165) is 33.6 Å². The van der Waals surface area contributed by atoms with Gasteiger partial charge in [-0.05, 0) is 83.9 Å². The van der Waals surface area contributed by atoms with Crippen LogP contribution in [0.25, 0.3) is 0 Å². The molecule has 6 nitrogen and oxygen atoms in total. The number of aromatic nitrogens is 1. The summed E-state index contributed by atoms with van der Waals surface area (Å²) in [5.74, 6) is 2.24. The molecule has 0 N–H and O–H groups in total. The number of furan rings is 1. The smallest absolute Gasteiger partial charge is 0.322 e. The van der Waals surface area contributed by atoms with Crippen molar-refractivity contribution in [2.45, 2.75) is 89.8 Å². The van der Waals surface area contributed by atoms with Gasteiger partial charge in [-0.1, -0.05) is 42.0 Å². The molecule has 7 heteroatoms. The fourth-order valence-corrected chi connectivity index (χ4v) is 5.35. The van der Waals surface area contributed by atoms with Gasteiger partial charge in [-0.2, -0.15) is 0 Å². The summed E-state index contributed by atoms with van der Waals surface area (Å²) < 4.78 is 16.6. The van der Waals surface area contributed by atoms with Gasteiger partial charge in [-0.15, -0.1) is 11.8 Å². The highest BCUT2D eigenvalue weighted by Gasteiger charge is 2.33. The lowest BCUT2D eigenvalue weighted by Crippen LogP contribution is -2.36. The lowest BCUT2D eigenvalue weighted by Gasteiger charge is -2.28. The number of esters is 1.